The number of nitrogens with one attached hydrogen (secondary N) is 2. The molecular formula is C17H34IN3O2. The topological polar surface area (TPSA) is 54.9 Å². The predicted octanol–water partition coefficient (Wildman–Crippen LogP) is 2.94. The van der Waals surface area contributed by atoms with Gasteiger partial charge in [0.15, 0.2) is 5.96 Å². The van der Waals surface area contributed by atoms with E-state index in [0.717, 1.165) is 57.6 Å². The summed E-state index contributed by atoms with van der Waals surface area (Å²) in [5.74, 6) is 1.83. The van der Waals surface area contributed by atoms with Gasteiger partial charge in [0.1, 0.15) is 0 Å². The molecule has 0 aromatic rings. The molecule has 2 rings (SSSR count). The van der Waals surface area contributed by atoms with Gasteiger partial charge in [-0.1, -0.05) is 32.1 Å². The van der Waals surface area contributed by atoms with E-state index in [4.69, 9.17) is 9.47 Å². The van der Waals surface area contributed by atoms with Crippen molar-refractivity contribution in [2.45, 2.75) is 57.5 Å². The zero-order valence-electron chi connectivity index (χ0n) is 14.5. The fraction of sp³-hybridized carbons (Fsp3) is 0.941. The van der Waals surface area contributed by atoms with Gasteiger partial charge in [-0.05, 0) is 25.2 Å². The quantitative estimate of drug-likeness (QED) is 0.264. The Balaban J connectivity index is 0.00000264. The molecule has 0 aromatic carbocycles. The fourth-order valence-corrected chi connectivity index (χ4v) is 3.26. The number of nitrogens with zero attached hydrogens (tertiary/aromatic N) is 1. The smallest absolute Gasteiger partial charge is 0.190 e. The van der Waals surface area contributed by atoms with Crippen LogP contribution in [-0.2, 0) is 9.47 Å². The van der Waals surface area contributed by atoms with Gasteiger partial charge in [-0.15, -0.1) is 24.0 Å². The third kappa shape index (κ3) is 9.10. The van der Waals surface area contributed by atoms with Crippen LogP contribution < -0.4 is 10.6 Å². The summed E-state index contributed by atoms with van der Waals surface area (Å²) < 4.78 is 11.0. The summed E-state index contributed by atoms with van der Waals surface area (Å²) in [5.41, 5.74) is 0. The molecule has 2 fully saturated rings. The average Bonchev–Trinajstić information content (AvgIpc) is 3.07. The van der Waals surface area contributed by atoms with Crippen LogP contribution in [0.3, 0.4) is 0 Å². The molecule has 0 aromatic heterocycles. The number of guanidine groups is 1. The average molecular weight is 439 g/mol. The van der Waals surface area contributed by atoms with E-state index in [9.17, 15) is 0 Å². The van der Waals surface area contributed by atoms with Crippen molar-refractivity contribution in [3.05, 3.63) is 0 Å². The van der Waals surface area contributed by atoms with Crippen LogP contribution in [0.15, 0.2) is 4.99 Å². The Morgan fingerprint density at radius 2 is 1.91 bits per heavy atom. The van der Waals surface area contributed by atoms with Crippen molar-refractivity contribution in [2.75, 3.05) is 40.0 Å². The molecule has 2 aliphatic rings. The number of rotatable bonds is 8. The summed E-state index contributed by atoms with van der Waals surface area (Å²) in [5, 5.41) is 6.79. The van der Waals surface area contributed by atoms with E-state index >= 15 is 0 Å². The Morgan fingerprint density at radius 1 is 1.13 bits per heavy atom. The van der Waals surface area contributed by atoms with Gasteiger partial charge in [-0.2, -0.15) is 0 Å². The molecule has 1 unspecified atom stereocenters. The maximum absolute atomic E-state index is 5.75. The van der Waals surface area contributed by atoms with Crippen molar-refractivity contribution in [3.63, 3.8) is 0 Å². The normalized spacial score (nSPS) is 22.7. The first-order chi connectivity index (χ1) is 10.9. The van der Waals surface area contributed by atoms with Crippen molar-refractivity contribution < 1.29 is 9.47 Å². The van der Waals surface area contributed by atoms with E-state index in [2.05, 4.69) is 15.6 Å². The minimum absolute atomic E-state index is 0. The van der Waals surface area contributed by atoms with Gasteiger partial charge in [0, 0.05) is 33.4 Å². The Kier molecular flexibility index (Phi) is 12.1. The van der Waals surface area contributed by atoms with E-state index in [1.165, 1.54) is 38.5 Å². The molecule has 1 heterocycles. The number of halogens is 1. The van der Waals surface area contributed by atoms with Gasteiger partial charge in [0.05, 0.1) is 12.7 Å². The zero-order valence-corrected chi connectivity index (χ0v) is 16.8. The van der Waals surface area contributed by atoms with Crippen molar-refractivity contribution >= 4 is 29.9 Å². The van der Waals surface area contributed by atoms with Crippen molar-refractivity contribution in [1.29, 1.82) is 0 Å². The van der Waals surface area contributed by atoms with Gasteiger partial charge < -0.3 is 20.1 Å². The number of hydrogen-bond donors (Lipinski definition) is 2. The van der Waals surface area contributed by atoms with E-state index in [-0.39, 0.29) is 24.0 Å². The molecule has 0 bridgehead atoms. The van der Waals surface area contributed by atoms with Gasteiger partial charge in [-0.3, -0.25) is 4.99 Å². The van der Waals surface area contributed by atoms with Gasteiger partial charge >= 0.3 is 0 Å². The Hall–Kier alpha value is -0.0800. The molecule has 0 radical (unpaired) electrons. The highest BCUT2D eigenvalue weighted by atomic mass is 127. The lowest BCUT2D eigenvalue weighted by Crippen LogP contribution is -2.39. The van der Waals surface area contributed by atoms with Crippen LogP contribution in [0, 0.1) is 5.92 Å². The SMILES string of the molecule is CN=C(NCCCOC1CCOC1)NCCC1CCCCC1.I. The summed E-state index contributed by atoms with van der Waals surface area (Å²) in [7, 11) is 1.84. The minimum Gasteiger partial charge on any atom is -0.379 e. The molecule has 136 valence electrons. The molecule has 6 heteroatoms. The number of aliphatic imine (C=N–C) groups is 1. The maximum Gasteiger partial charge on any atom is 0.190 e. The minimum atomic E-state index is 0. The second-order valence-corrected chi connectivity index (χ2v) is 6.43. The highest BCUT2D eigenvalue weighted by molar-refractivity contribution is 14.0. The fourth-order valence-electron chi connectivity index (χ4n) is 3.26. The van der Waals surface area contributed by atoms with Crippen LogP contribution in [0.25, 0.3) is 0 Å². The third-order valence-electron chi connectivity index (χ3n) is 4.65. The van der Waals surface area contributed by atoms with Crippen LogP contribution in [0.1, 0.15) is 51.4 Å². The number of ether oxygens (including phenoxy) is 2. The Bertz CT molecular complexity index is 317. The molecule has 1 saturated heterocycles. The molecule has 0 amide bonds. The van der Waals surface area contributed by atoms with Crippen molar-refractivity contribution in [3.8, 4) is 0 Å². The van der Waals surface area contributed by atoms with E-state index in [1.807, 2.05) is 7.05 Å². The molecule has 1 atom stereocenters. The molecule has 1 aliphatic heterocycles. The molecule has 5 nitrogen and oxygen atoms in total. The van der Waals surface area contributed by atoms with E-state index in [0.29, 0.717) is 6.10 Å². The highest BCUT2D eigenvalue weighted by Gasteiger charge is 2.15. The molecule has 1 aliphatic carbocycles. The largest absolute Gasteiger partial charge is 0.379 e. The van der Waals surface area contributed by atoms with Crippen molar-refractivity contribution in [2.24, 2.45) is 10.9 Å². The lowest BCUT2D eigenvalue weighted by atomic mass is 9.87. The first kappa shape index (κ1) is 21.0. The van der Waals surface area contributed by atoms with E-state index in [1.54, 1.807) is 0 Å². The summed E-state index contributed by atoms with van der Waals surface area (Å²) in [6.07, 6.45) is 10.7. The number of hydrogen-bond acceptors (Lipinski definition) is 3. The lowest BCUT2D eigenvalue weighted by molar-refractivity contribution is 0.0420. The summed E-state index contributed by atoms with van der Waals surface area (Å²) >= 11 is 0. The van der Waals surface area contributed by atoms with Crippen LogP contribution in [-0.4, -0.2) is 52.0 Å². The van der Waals surface area contributed by atoms with Crippen LogP contribution >= 0.6 is 24.0 Å². The highest BCUT2D eigenvalue weighted by Crippen LogP contribution is 2.25. The monoisotopic (exact) mass is 439 g/mol. The molecular weight excluding hydrogens is 405 g/mol. The molecule has 0 spiro atoms. The zero-order chi connectivity index (χ0) is 15.5. The first-order valence-electron chi connectivity index (χ1n) is 9.02. The van der Waals surface area contributed by atoms with Gasteiger partial charge in [0.2, 0.25) is 0 Å². The molecule has 1 saturated carbocycles. The second kappa shape index (κ2) is 13.2. The van der Waals surface area contributed by atoms with Crippen LogP contribution in [0.5, 0.6) is 0 Å². The summed E-state index contributed by atoms with van der Waals surface area (Å²) in [6, 6.07) is 0. The van der Waals surface area contributed by atoms with Gasteiger partial charge in [-0.25, -0.2) is 0 Å². The second-order valence-electron chi connectivity index (χ2n) is 6.43. The first-order valence-corrected chi connectivity index (χ1v) is 9.02. The molecule has 2 N–H and O–H groups in total. The van der Waals surface area contributed by atoms with Crippen LogP contribution in [0.2, 0.25) is 0 Å². The summed E-state index contributed by atoms with van der Waals surface area (Å²) in [4.78, 5) is 4.28. The summed E-state index contributed by atoms with van der Waals surface area (Å²) in [6.45, 7) is 4.33. The van der Waals surface area contributed by atoms with E-state index < -0.39 is 0 Å². The standard InChI is InChI=1S/C17H33N3O2.HI/c1-18-17(20-11-8-15-6-3-2-4-7-15)19-10-5-12-22-16-9-13-21-14-16;/h15-16H,2-14H2,1H3,(H2,18,19,20);1H. The van der Waals surface area contributed by atoms with Crippen LogP contribution in [0.4, 0.5) is 0 Å². The predicted molar refractivity (Wildman–Crippen MR) is 106 cm³/mol. The lowest BCUT2D eigenvalue weighted by Gasteiger charge is -2.22. The van der Waals surface area contributed by atoms with Crippen molar-refractivity contribution in [1.82, 2.24) is 10.6 Å². The third-order valence-corrected chi connectivity index (χ3v) is 4.65. The maximum atomic E-state index is 5.75. The van der Waals surface area contributed by atoms with Gasteiger partial charge in [0.25, 0.3) is 0 Å². The Morgan fingerprint density at radius 3 is 2.61 bits per heavy atom. The Labute approximate surface area is 158 Å². The molecule has 23 heavy (non-hydrogen) atoms.